The highest BCUT2D eigenvalue weighted by atomic mass is 79.9. The Labute approximate surface area is 98.4 Å². The summed E-state index contributed by atoms with van der Waals surface area (Å²) in [6.45, 7) is 1.87. The van der Waals surface area contributed by atoms with E-state index in [1.54, 1.807) is 0 Å². The topological polar surface area (TPSA) is 0 Å². The highest BCUT2D eigenvalue weighted by Gasteiger charge is 2.03. The Hall–Kier alpha value is -1.26. The van der Waals surface area contributed by atoms with Gasteiger partial charge in [-0.05, 0) is 29.3 Å². The lowest BCUT2D eigenvalue weighted by atomic mass is 10.0. The lowest BCUT2D eigenvalue weighted by Gasteiger charge is -2.05. The van der Waals surface area contributed by atoms with Gasteiger partial charge in [0.05, 0.1) is 0 Å². The summed E-state index contributed by atoms with van der Waals surface area (Å²) in [5.41, 5.74) is 1.28. The lowest BCUT2D eigenvalue weighted by molar-refractivity contribution is 1.33. The first-order chi connectivity index (χ1) is 7.33. The summed E-state index contributed by atoms with van der Waals surface area (Å²) < 4.78 is 1.14. The molecule has 0 aliphatic carbocycles. The van der Waals surface area contributed by atoms with Gasteiger partial charge in [-0.2, -0.15) is 0 Å². The van der Waals surface area contributed by atoms with Crippen LogP contribution in [0.2, 0.25) is 0 Å². The van der Waals surface area contributed by atoms with E-state index in [4.69, 9.17) is 0 Å². The zero-order valence-corrected chi connectivity index (χ0v) is 10.1. The summed E-state index contributed by atoms with van der Waals surface area (Å²) in [6, 6.07) is 12.6. The van der Waals surface area contributed by atoms with Crippen molar-refractivity contribution in [3.05, 3.63) is 46.4 Å². The number of hydrogen-bond donors (Lipinski definition) is 0. The van der Waals surface area contributed by atoms with Gasteiger partial charge in [0.1, 0.15) is 0 Å². The van der Waals surface area contributed by atoms with E-state index in [0.717, 1.165) is 10.9 Å². The normalized spacial score (nSPS) is 9.73. The molecule has 2 aromatic carbocycles. The maximum Gasteiger partial charge on any atom is 0.0357 e. The van der Waals surface area contributed by atoms with Crippen molar-refractivity contribution in [2.45, 2.75) is 13.3 Å². The van der Waals surface area contributed by atoms with Gasteiger partial charge in [-0.1, -0.05) is 52.2 Å². The van der Waals surface area contributed by atoms with Crippen molar-refractivity contribution in [1.29, 1.82) is 0 Å². The van der Waals surface area contributed by atoms with E-state index >= 15 is 0 Å². The van der Waals surface area contributed by atoms with Crippen LogP contribution in [0.15, 0.2) is 40.9 Å². The summed E-state index contributed by atoms with van der Waals surface area (Å²) in [4.78, 5) is 0. The van der Waals surface area contributed by atoms with Crippen molar-refractivity contribution in [2.24, 2.45) is 0 Å². The molecule has 0 N–H and O–H groups in total. The summed E-state index contributed by atoms with van der Waals surface area (Å²) in [5.74, 6) is 6.05. The second-order valence-corrected chi connectivity index (χ2v) is 4.20. The molecule has 0 saturated heterocycles. The maximum absolute atomic E-state index is 3.58. The van der Waals surface area contributed by atoms with E-state index in [9.17, 15) is 0 Å². The average molecular weight is 259 g/mol. The van der Waals surface area contributed by atoms with Gasteiger partial charge in [0.25, 0.3) is 0 Å². The Morgan fingerprint density at radius 3 is 2.73 bits per heavy atom. The second kappa shape index (κ2) is 4.51. The van der Waals surface area contributed by atoms with Crippen molar-refractivity contribution in [2.75, 3.05) is 0 Å². The summed E-state index contributed by atoms with van der Waals surface area (Å²) in [7, 11) is 0. The van der Waals surface area contributed by atoms with Gasteiger partial charge in [0.2, 0.25) is 0 Å². The minimum absolute atomic E-state index is 0.804. The van der Waals surface area contributed by atoms with Crippen LogP contribution in [0, 0.1) is 11.8 Å². The maximum atomic E-state index is 3.58. The first kappa shape index (κ1) is 10.3. The first-order valence-corrected chi connectivity index (χ1v) is 5.68. The molecule has 74 valence electrons. The van der Waals surface area contributed by atoms with E-state index in [1.807, 2.05) is 6.92 Å². The molecule has 0 radical (unpaired) electrons. The van der Waals surface area contributed by atoms with E-state index < -0.39 is 0 Å². The molecular weight excluding hydrogens is 248 g/mol. The summed E-state index contributed by atoms with van der Waals surface area (Å²) >= 11 is 3.58. The fraction of sp³-hybridized carbons (Fsp3) is 0.143. The molecular formula is C14H11Br. The second-order valence-electron chi connectivity index (χ2n) is 3.35. The minimum atomic E-state index is 0.804. The summed E-state index contributed by atoms with van der Waals surface area (Å²) in [6.07, 6.45) is 0.804. The molecule has 0 unspecified atom stereocenters. The van der Waals surface area contributed by atoms with Gasteiger partial charge in [-0.25, -0.2) is 0 Å². The molecule has 15 heavy (non-hydrogen) atoms. The van der Waals surface area contributed by atoms with Crippen molar-refractivity contribution in [3.63, 3.8) is 0 Å². The lowest BCUT2D eigenvalue weighted by Crippen LogP contribution is -1.86. The van der Waals surface area contributed by atoms with Gasteiger partial charge in [-0.15, -0.1) is 5.92 Å². The van der Waals surface area contributed by atoms with E-state index in [-0.39, 0.29) is 0 Å². The van der Waals surface area contributed by atoms with Crippen molar-refractivity contribution in [3.8, 4) is 11.8 Å². The third-order valence-corrected chi connectivity index (χ3v) is 3.17. The Bertz CT molecular complexity index is 544. The Morgan fingerprint density at radius 2 is 1.93 bits per heavy atom. The molecule has 0 heterocycles. The molecule has 0 fully saturated rings. The highest BCUT2D eigenvalue weighted by Crippen LogP contribution is 2.26. The number of benzene rings is 2. The quantitative estimate of drug-likeness (QED) is 0.674. The highest BCUT2D eigenvalue weighted by molar-refractivity contribution is 9.10. The molecule has 0 aliphatic rings. The Balaban J connectivity index is 2.66. The van der Waals surface area contributed by atoms with Crippen LogP contribution in [-0.4, -0.2) is 0 Å². The monoisotopic (exact) mass is 258 g/mol. The zero-order valence-electron chi connectivity index (χ0n) is 8.55. The molecule has 0 bridgehead atoms. The molecule has 2 rings (SSSR count). The first-order valence-electron chi connectivity index (χ1n) is 4.88. The number of rotatable bonds is 1. The SMILES string of the molecule is CC#CCc1c(Br)ccc2ccccc12. The molecule has 0 spiro atoms. The van der Waals surface area contributed by atoms with Gasteiger partial charge < -0.3 is 0 Å². The Kier molecular flexibility index (Phi) is 3.08. The fourth-order valence-corrected chi connectivity index (χ4v) is 2.15. The number of hydrogen-bond acceptors (Lipinski definition) is 0. The summed E-state index contributed by atoms with van der Waals surface area (Å²) in [5, 5.41) is 2.56. The average Bonchev–Trinajstić information content (AvgIpc) is 2.28. The third-order valence-electron chi connectivity index (χ3n) is 2.43. The van der Waals surface area contributed by atoms with E-state index in [0.29, 0.717) is 0 Å². The molecule has 0 nitrogen and oxygen atoms in total. The number of fused-ring (bicyclic) bond motifs is 1. The molecule has 1 heteroatoms. The van der Waals surface area contributed by atoms with Crippen LogP contribution in [0.4, 0.5) is 0 Å². The smallest absolute Gasteiger partial charge is 0.0357 e. The predicted octanol–water partition coefficient (Wildman–Crippen LogP) is 4.17. The third kappa shape index (κ3) is 2.06. The van der Waals surface area contributed by atoms with Crippen LogP contribution >= 0.6 is 15.9 Å². The Morgan fingerprint density at radius 1 is 1.13 bits per heavy atom. The predicted molar refractivity (Wildman–Crippen MR) is 68.8 cm³/mol. The molecule has 0 aliphatic heterocycles. The number of halogens is 1. The van der Waals surface area contributed by atoms with Gasteiger partial charge in [0.15, 0.2) is 0 Å². The molecule has 0 amide bonds. The van der Waals surface area contributed by atoms with Crippen molar-refractivity contribution < 1.29 is 0 Å². The molecule has 0 saturated carbocycles. The van der Waals surface area contributed by atoms with Crippen LogP contribution in [0.5, 0.6) is 0 Å². The van der Waals surface area contributed by atoms with Crippen molar-refractivity contribution >= 4 is 26.7 Å². The molecule has 0 aromatic heterocycles. The largest absolute Gasteiger partial charge is 0.106 e. The van der Waals surface area contributed by atoms with Crippen LogP contribution in [0.1, 0.15) is 12.5 Å². The van der Waals surface area contributed by atoms with Gasteiger partial charge >= 0.3 is 0 Å². The van der Waals surface area contributed by atoms with E-state index in [2.05, 4.69) is 64.2 Å². The zero-order chi connectivity index (χ0) is 10.7. The molecule has 2 aromatic rings. The van der Waals surface area contributed by atoms with Gasteiger partial charge in [-0.3, -0.25) is 0 Å². The fourth-order valence-electron chi connectivity index (χ4n) is 1.67. The minimum Gasteiger partial charge on any atom is -0.106 e. The van der Waals surface area contributed by atoms with Crippen molar-refractivity contribution in [1.82, 2.24) is 0 Å². The molecule has 0 atom stereocenters. The van der Waals surface area contributed by atoms with Crippen LogP contribution < -0.4 is 0 Å². The van der Waals surface area contributed by atoms with Gasteiger partial charge in [0, 0.05) is 10.9 Å². The van der Waals surface area contributed by atoms with Crippen LogP contribution in [0.25, 0.3) is 10.8 Å². The van der Waals surface area contributed by atoms with E-state index in [1.165, 1.54) is 16.3 Å². The standard InChI is InChI=1S/C14H11Br/c1-2-3-7-13-12-8-5-4-6-11(12)9-10-14(13)15/h4-6,8-10H,7H2,1H3. The van der Waals surface area contributed by atoms with Crippen LogP contribution in [-0.2, 0) is 6.42 Å². The van der Waals surface area contributed by atoms with Crippen LogP contribution in [0.3, 0.4) is 0 Å².